The van der Waals surface area contributed by atoms with Gasteiger partial charge in [0.05, 0.1) is 18.7 Å². The Bertz CT molecular complexity index is 826. The first kappa shape index (κ1) is 19.5. The summed E-state index contributed by atoms with van der Waals surface area (Å²) >= 11 is 0. The monoisotopic (exact) mass is 386 g/mol. The Labute approximate surface area is 162 Å². The number of aliphatic hydroxyl groups excluding tert-OH is 1. The Balaban J connectivity index is 1.44. The number of esters is 1. The van der Waals surface area contributed by atoms with Crippen LogP contribution in [0.25, 0.3) is 0 Å². The molecule has 8 heteroatoms. The van der Waals surface area contributed by atoms with Gasteiger partial charge in [-0.3, -0.25) is 4.79 Å². The number of hydrogen-bond acceptors (Lipinski definition) is 7. The molecule has 0 unspecified atom stereocenters. The maximum atomic E-state index is 12.2. The van der Waals surface area contributed by atoms with Crippen LogP contribution >= 0.6 is 0 Å². The Kier molecular flexibility index (Phi) is 6.69. The molecule has 28 heavy (non-hydrogen) atoms. The lowest BCUT2D eigenvalue weighted by molar-refractivity contribution is -0.124. The molecule has 1 heterocycles. The van der Waals surface area contributed by atoms with E-state index < -0.39 is 18.5 Å². The third kappa shape index (κ3) is 5.14. The van der Waals surface area contributed by atoms with E-state index in [1.807, 2.05) is 18.2 Å². The lowest BCUT2D eigenvalue weighted by atomic mass is 10.2. The number of fused-ring (bicyclic) bond motifs is 1. The van der Waals surface area contributed by atoms with Crippen LogP contribution in [-0.4, -0.2) is 56.0 Å². The van der Waals surface area contributed by atoms with Gasteiger partial charge in [-0.15, -0.1) is 0 Å². The summed E-state index contributed by atoms with van der Waals surface area (Å²) in [6.07, 6.45) is -0.321. The van der Waals surface area contributed by atoms with Crippen molar-refractivity contribution in [2.75, 3.05) is 38.2 Å². The number of aliphatic hydroxyl groups is 1. The van der Waals surface area contributed by atoms with Crippen LogP contribution in [0.4, 0.5) is 5.69 Å². The molecule has 0 saturated carbocycles. The first-order valence-electron chi connectivity index (χ1n) is 8.93. The van der Waals surface area contributed by atoms with Crippen molar-refractivity contribution in [3.8, 4) is 11.5 Å². The first-order chi connectivity index (χ1) is 13.7. The van der Waals surface area contributed by atoms with Crippen LogP contribution in [-0.2, 0) is 9.53 Å². The molecular formula is C20H22N2O6. The number of benzene rings is 2. The Hall–Kier alpha value is -3.26. The predicted octanol–water partition coefficient (Wildman–Crippen LogP) is 1.20. The number of anilines is 1. The van der Waals surface area contributed by atoms with E-state index in [0.717, 1.165) is 0 Å². The molecule has 0 aliphatic carbocycles. The van der Waals surface area contributed by atoms with Crippen LogP contribution in [0.1, 0.15) is 10.4 Å². The zero-order valence-corrected chi connectivity index (χ0v) is 15.2. The molecule has 1 aliphatic heterocycles. The quantitative estimate of drug-likeness (QED) is 0.586. The standard InChI is InChI=1S/C20H22N2O6/c23-10-9-21-16-6-2-1-5-15(16)20(25)27-13-19(24)22-11-14-12-26-17-7-3-4-8-18(17)28-14/h1-8,14,21,23H,9-13H2,(H,22,24)/t14-/m0/s1. The van der Waals surface area contributed by atoms with Crippen molar-refractivity contribution in [3.63, 3.8) is 0 Å². The summed E-state index contributed by atoms with van der Waals surface area (Å²) in [4.78, 5) is 24.2. The number of ether oxygens (including phenoxy) is 3. The molecule has 0 fully saturated rings. The number of amides is 1. The molecule has 3 rings (SSSR count). The second-order valence-corrected chi connectivity index (χ2v) is 6.07. The lowest BCUT2D eigenvalue weighted by Crippen LogP contribution is -2.42. The highest BCUT2D eigenvalue weighted by atomic mass is 16.6. The molecule has 3 N–H and O–H groups in total. The summed E-state index contributed by atoms with van der Waals surface area (Å²) in [5, 5.41) is 14.5. The highest BCUT2D eigenvalue weighted by molar-refractivity contribution is 5.96. The highest BCUT2D eigenvalue weighted by Gasteiger charge is 2.21. The first-order valence-corrected chi connectivity index (χ1v) is 8.93. The average molecular weight is 386 g/mol. The van der Waals surface area contributed by atoms with Gasteiger partial charge >= 0.3 is 5.97 Å². The average Bonchev–Trinajstić information content (AvgIpc) is 2.74. The van der Waals surface area contributed by atoms with E-state index in [-0.39, 0.29) is 19.3 Å². The van der Waals surface area contributed by atoms with E-state index in [0.29, 0.717) is 35.9 Å². The normalized spacial score (nSPS) is 14.8. The maximum Gasteiger partial charge on any atom is 0.340 e. The van der Waals surface area contributed by atoms with E-state index in [9.17, 15) is 9.59 Å². The van der Waals surface area contributed by atoms with Crippen molar-refractivity contribution in [2.24, 2.45) is 0 Å². The summed E-state index contributed by atoms with van der Waals surface area (Å²) in [7, 11) is 0. The van der Waals surface area contributed by atoms with Gasteiger partial charge in [0.2, 0.25) is 0 Å². The fourth-order valence-electron chi connectivity index (χ4n) is 2.66. The Morgan fingerprint density at radius 3 is 2.68 bits per heavy atom. The van der Waals surface area contributed by atoms with Crippen LogP contribution in [0.3, 0.4) is 0 Å². The molecule has 2 aromatic carbocycles. The molecule has 8 nitrogen and oxygen atoms in total. The zero-order valence-electron chi connectivity index (χ0n) is 15.2. The molecule has 1 aliphatic rings. The smallest absolute Gasteiger partial charge is 0.340 e. The number of para-hydroxylation sites is 3. The third-order valence-corrected chi connectivity index (χ3v) is 4.00. The molecule has 1 atom stereocenters. The number of carbonyl (C=O) groups excluding carboxylic acids is 2. The SMILES string of the molecule is O=C(COC(=O)c1ccccc1NCCO)NC[C@H]1COc2ccccc2O1. The minimum absolute atomic E-state index is 0.0663. The van der Waals surface area contributed by atoms with Crippen LogP contribution < -0.4 is 20.1 Å². The van der Waals surface area contributed by atoms with Crippen molar-refractivity contribution in [3.05, 3.63) is 54.1 Å². The minimum atomic E-state index is -0.623. The fraction of sp³-hybridized carbons (Fsp3) is 0.300. The lowest BCUT2D eigenvalue weighted by Gasteiger charge is -2.26. The maximum absolute atomic E-state index is 12.2. The molecule has 0 radical (unpaired) electrons. The van der Waals surface area contributed by atoms with Crippen LogP contribution in [0.15, 0.2) is 48.5 Å². The second-order valence-electron chi connectivity index (χ2n) is 6.07. The van der Waals surface area contributed by atoms with Gasteiger partial charge in [-0.2, -0.15) is 0 Å². The molecule has 0 aromatic heterocycles. The molecule has 1 amide bonds. The van der Waals surface area contributed by atoms with Gasteiger partial charge in [0.25, 0.3) is 5.91 Å². The summed E-state index contributed by atoms with van der Waals surface area (Å²) in [5.41, 5.74) is 0.831. The fourth-order valence-corrected chi connectivity index (χ4v) is 2.66. The molecule has 148 valence electrons. The van der Waals surface area contributed by atoms with Crippen molar-refractivity contribution < 1.29 is 28.9 Å². The van der Waals surface area contributed by atoms with Crippen molar-refractivity contribution in [1.82, 2.24) is 5.32 Å². The summed E-state index contributed by atoms with van der Waals surface area (Å²) in [6, 6.07) is 14.1. The van der Waals surface area contributed by atoms with Gasteiger partial charge in [0.15, 0.2) is 18.1 Å². The minimum Gasteiger partial charge on any atom is -0.486 e. The van der Waals surface area contributed by atoms with E-state index in [2.05, 4.69) is 10.6 Å². The van der Waals surface area contributed by atoms with Crippen molar-refractivity contribution in [1.29, 1.82) is 0 Å². The van der Waals surface area contributed by atoms with Gasteiger partial charge in [-0.1, -0.05) is 24.3 Å². The summed E-state index contributed by atoms with van der Waals surface area (Å²) < 4.78 is 16.4. The van der Waals surface area contributed by atoms with Crippen LogP contribution in [0.5, 0.6) is 11.5 Å². The zero-order chi connectivity index (χ0) is 19.8. The molecule has 0 bridgehead atoms. The summed E-state index contributed by atoms with van der Waals surface area (Å²) in [5.74, 6) is 0.248. The number of rotatable bonds is 8. The molecule has 0 spiro atoms. The van der Waals surface area contributed by atoms with Gasteiger partial charge in [-0.05, 0) is 24.3 Å². The second kappa shape index (κ2) is 9.61. The highest BCUT2D eigenvalue weighted by Crippen LogP contribution is 2.30. The third-order valence-electron chi connectivity index (χ3n) is 4.00. The largest absolute Gasteiger partial charge is 0.486 e. The Morgan fingerprint density at radius 1 is 1.11 bits per heavy atom. The molecular weight excluding hydrogens is 364 g/mol. The van der Waals surface area contributed by atoms with Gasteiger partial charge in [-0.25, -0.2) is 4.79 Å². The van der Waals surface area contributed by atoms with E-state index in [1.54, 1.807) is 30.3 Å². The van der Waals surface area contributed by atoms with Gasteiger partial charge in [0.1, 0.15) is 12.7 Å². The summed E-state index contributed by atoms with van der Waals surface area (Å²) in [6.45, 7) is 0.387. The van der Waals surface area contributed by atoms with Crippen molar-refractivity contribution in [2.45, 2.75) is 6.10 Å². The number of hydrogen-bond donors (Lipinski definition) is 3. The van der Waals surface area contributed by atoms with Gasteiger partial charge < -0.3 is 30.0 Å². The Morgan fingerprint density at radius 2 is 1.86 bits per heavy atom. The van der Waals surface area contributed by atoms with E-state index in [4.69, 9.17) is 19.3 Å². The van der Waals surface area contributed by atoms with Crippen molar-refractivity contribution >= 4 is 17.6 Å². The van der Waals surface area contributed by atoms with Gasteiger partial charge in [0, 0.05) is 12.2 Å². The van der Waals surface area contributed by atoms with Crippen LogP contribution in [0, 0.1) is 0 Å². The van der Waals surface area contributed by atoms with Crippen LogP contribution in [0.2, 0.25) is 0 Å². The predicted molar refractivity (Wildman–Crippen MR) is 102 cm³/mol. The molecule has 0 saturated heterocycles. The van der Waals surface area contributed by atoms with E-state index >= 15 is 0 Å². The number of nitrogens with one attached hydrogen (secondary N) is 2. The topological polar surface area (TPSA) is 106 Å². The molecule has 2 aromatic rings. The number of carbonyl (C=O) groups is 2. The van der Waals surface area contributed by atoms with E-state index in [1.165, 1.54) is 0 Å².